The second kappa shape index (κ2) is 3.81. The van der Waals surface area contributed by atoms with Crippen molar-refractivity contribution in [2.24, 2.45) is 0 Å². The highest BCUT2D eigenvalue weighted by atomic mass is 16.5. The molecule has 1 N–H and O–H groups in total. The Morgan fingerprint density at radius 2 is 2.00 bits per heavy atom. The minimum atomic E-state index is -0.108. The van der Waals surface area contributed by atoms with Crippen LogP contribution in [-0.2, 0) is 10.2 Å². The van der Waals surface area contributed by atoms with Crippen LogP contribution in [0.4, 0.5) is 0 Å². The second-order valence-corrected chi connectivity index (χ2v) is 4.61. The zero-order valence-corrected chi connectivity index (χ0v) is 9.91. The fourth-order valence-electron chi connectivity index (χ4n) is 2.26. The van der Waals surface area contributed by atoms with Gasteiger partial charge in [-0.3, -0.25) is 4.79 Å². The Labute approximate surface area is 95.8 Å². The molecule has 2 atom stereocenters. The van der Waals surface area contributed by atoms with Crippen LogP contribution in [0.15, 0.2) is 24.3 Å². The molecule has 2 unspecified atom stereocenters. The number of ether oxygens (including phenoxy) is 1. The molecule has 0 bridgehead atoms. The summed E-state index contributed by atoms with van der Waals surface area (Å²) in [5.74, 6) is 0.975. The summed E-state index contributed by atoms with van der Waals surface area (Å²) < 4.78 is 5.13. The lowest BCUT2D eigenvalue weighted by Gasteiger charge is -2.28. The van der Waals surface area contributed by atoms with Gasteiger partial charge in [-0.25, -0.2) is 0 Å². The summed E-state index contributed by atoms with van der Waals surface area (Å²) in [5.41, 5.74) is 1.07. The zero-order chi connectivity index (χ0) is 11.8. The molecule has 1 aliphatic heterocycles. The first-order chi connectivity index (χ1) is 7.56. The highest BCUT2D eigenvalue weighted by molar-refractivity contribution is 5.81. The van der Waals surface area contributed by atoms with E-state index in [1.807, 2.05) is 24.3 Å². The van der Waals surface area contributed by atoms with Crippen LogP contribution in [-0.4, -0.2) is 19.1 Å². The highest BCUT2D eigenvalue weighted by Crippen LogP contribution is 2.36. The van der Waals surface area contributed by atoms with Crippen molar-refractivity contribution in [2.75, 3.05) is 7.11 Å². The standard InChI is InChI=1S/C13H17NO2/c1-9-13(2,8-12(15)14-9)10-4-6-11(16-3)7-5-10/h4-7,9H,8H2,1-3H3,(H,14,15). The monoisotopic (exact) mass is 219 g/mol. The van der Waals surface area contributed by atoms with Crippen LogP contribution in [0.5, 0.6) is 5.75 Å². The van der Waals surface area contributed by atoms with Crippen molar-refractivity contribution < 1.29 is 9.53 Å². The molecule has 1 aromatic carbocycles. The summed E-state index contributed by atoms with van der Waals surface area (Å²) >= 11 is 0. The maximum Gasteiger partial charge on any atom is 0.221 e. The molecule has 3 nitrogen and oxygen atoms in total. The molecule has 16 heavy (non-hydrogen) atoms. The van der Waals surface area contributed by atoms with E-state index in [4.69, 9.17) is 4.74 Å². The van der Waals surface area contributed by atoms with Gasteiger partial charge in [-0.2, -0.15) is 0 Å². The van der Waals surface area contributed by atoms with Gasteiger partial charge in [-0.05, 0) is 24.6 Å². The Bertz CT molecular complexity index is 399. The third-order valence-corrected chi connectivity index (χ3v) is 3.61. The molecule has 0 spiro atoms. The molecule has 3 heteroatoms. The van der Waals surface area contributed by atoms with Crippen molar-refractivity contribution in [3.8, 4) is 5.75 Å². The molecular weight excluding hydrogens is 202 g/mol. The van der Waals surface area contributed by atoms with Gasteiger partial charge in [0, 0.05) is 17.9 Å². The minimum absolute atomic E-state index is 0.108. The van der Waals surface area contributed by atoms with Gasteiger partial charge in [0.2, 0.25) is 5.91 Å². The summed E-state index contributed by atoms with van der Waals surface area (Å²) in [6, 6.07) is 8.13. The van der Waals surface area contributed by atoms with E-state index in [0.717, 1.165) is 5.75 Å². The van der Waals surface area contributed by atoms with Crippen LogP contribution in [0.3, 0.4) is 0 Å². The van der Waals surface area contributed by atoms with Gasteiger partial charge in [0.1, 0.15) is 5.75 Å². The van der Waals surface area contributed by atoms with Crippen molar-refractivity contribution in [1.29, 1.82) is 0 Å². The van der Waals surface area contributed by atoms with Crippen molar-refractivity contribution in [3.05, 3.63) is 29.8 Å². The molecule has 1 heterocycles. The predicted octanol–water partition coefficient (Wildman–Crippen LogP) is 1.86. The molecule has 0 aromatic heterocycles. The van der Waals surface area contributed by atoms with Crippen molar-refractivity contribution in [3.63, 3.8) is 0 Å². The lowest BCUT2D eigenvalue weighted by molar-refractivity contribution is -0.119. The Kier molecular flexibility index (Phi) is 2.62. The van der Waals surface area contributed by atoms with Crippen LogP contribution >= 0.6 is 0 Å². The smallest absolute Gasteiger partial charge is 0.221 e. The number of nitrogens with one attached hydrogen (secondary N) is 1. The normalized spacial score (nSPS) is 28.9. The van der Waals surface area contributed by atoms with Gasteiger partial charge in [0.15, 0.2) is 0 Å². The van der Waals surface area contributed by atoms with Crippen LogP contribution in [0.25, 0.3) is 0 Å². The summed E-state index contributed by atoms with van der Waals surface area (Å²) in [7, 11) is 1.65. The van der Waals surface area contributed by atoms with E-state index in [9.17, 15) is 4.79 Å². The average Bonchev–Trinajstić information content (AvgIpc) is 2.54. The fraction of sp³-hybridized carbons (Fsp3) is 0.462. The zero-order valence-electron chi connectivity index (χ0n) is 9.91. The number of benzene rings is 1. The third kappa shape index (κ3) is 1.66. The molecular formula is C13H17NO2. The van der Waals surface area contributed by atoms with Crippen molar-refractivity contribution >= 4 is 5.91 Å². The number of amides is 1. The van der Waals surface area contributed by atoms with E-state index in [0.29, 0.717) is 6.42 Å². The number of rotatable bonds is 2. The van der Waals surface area contributed by atoms with Gasteiger partial charge < -0.3 is 10.1 Å². The lowest BCUT2D eigenvalue weighted by Crippen LogP contribution is -2.35. The number of carbonyl (C=O) groups is 1. The van der Waals surface area contributed by atoms with E-state index >= 15 is 0 Å². The van der Waals surface area contributed by atoms with Crippen LogP contribution in [0.2, 0.25) is 0 Å². The number of methoxy groups -OCH3 is 1. The number of hydrogen-bond donors (Lipinski definition) is 1. The molecule has 1 amide bonds. The first kappa shape index (κ1) is 11.0. The second-order valence-electron chi connectivity index (χ2n) is 4.61. The summed E-state index contributed by atoms with van der Waals surface area (Å²) in [4.78, 5) is 11.4. The first-order valence-corrected chi connectivity index (χ1v) is 5.50. The summed E-state index contributed by atoms with van der Waals surface area (Å²) in [5, 5.41) is 2.96. The van der Waals surface area contributed by atoms with Gasteiger partial charge in [-0.15, -0.1) is 0 Å². The van der Waals surface area contributed by atoms with Crippen molar-refractivity contribution in [1.82, 2.24) is 5.32 Å². The predicted molar refractivity (Wildman–Crippen MR) is 62.6 cm³/mol. The Hall–Kier alpha value is -1.51. The van der Waals surface area contributed by atoms with E-state index in [2.05, 4.69) is 19.2 Å². The maximum atomic E-state index is 11.4. The Morgan fingerprint density at radius 3 is 2.44 bits per heavy atom. The Balaban J connectivity index is 2.32. The molecule has 86 valence electrons. The van der Waals surface area contributed by atoms with Gasteiger partial charge in [0.25, 0.3) is 0 Å². The summed E-state index contributed by atoms with van der Waals surface area (Å²) in [6.45, 7) is 4.17. The van der Waals surface area contributed by atoms with Crippen LogP contribution < -0.4 is 10.1 Å². The van der Waals surface area contributed by atoms with Crippen LogP contribution in [0, 0.1) is 0 Å². The van der Waals surface area contributed by atoms with E-state index < -0.39 is 0 Å². The average molecular weight is 219 g/mol. The van der Waals surface area contributed by atoms with Gasteiger partial charge >= 0.3 is 0 Å². The van der Waals surface area contributed by atoms with Crippen LogP contribution in [0.1, 0.15) is 25.8 Å². The minimum Gasteiger partial charge on any atom is -0.497 e. The quantitative estimate of drug-likeness (QED) is 0.824. The largest absolute Gasteiger partial charge is 0.497 e. The third-order valence-electron chi connectivity index (χ3n) is 3.61. The molecule has 1 fully saturated rings. The molecule has 1 saturated heterocycles. The topological polar surface area (TPSA) is 38.3 Å². The SMILES string of the molecule is COc1ccc(C2(C)CC(=O)NC2C)cc1. The summed E-state index contributed by atoms with van der Waals surface area (Å²) in [6.07, 6.45) is 0.556. The maximum absolute atomic E-state index is 11.4. The molecule has 0 radical (unpaired) electrons. The number of carbonyl (C=O) groups excluding carboxylic acids is 1. The van der Waals surface area contributed by atoms with Crippen molar-refractivity contribution in [2.45, 2.75) is 31.7 Å². The van der Waals surface area contributed by atoms with Gasteiger partial charge in [-0.1, -0.05) is 19.1 Å². The van der Waals surface area contributed by atoms with Gasteiger partial charge in [0.05, 0.1) is 7.11 Å². The lowest BCUT2D eigenvalue weighted by atomic mass is 9.77. The molecule has 1 aliphatic rings. The molecule has 0 aliphatic carbocycles. The van der Waals surface area contributed by atoms with E-state index in [1.54, 1.807) is 7.11 Å². The molecule has 2 rings (SSSR count). The number of hydrogen-bond acceptors (Lipinski definition) is 2. The van der Waals surface area contributed by atoms with E-state index in [1.165, 1.54) is 5.56 Å². The first-order valence-electron chi connectivity index (χ1n) is 5.50. The molecule has 1 aromatic rings. The highest BCUT2D eigenvalue weighted by Gasteiger charge is 2.41. The molecule has 0 saturated carbocycles. The van der Waals surface area contributed by atoms with E-state index in [-0.39, 0.29) is 17.4 Å². The fourth-order valence-corrected chi connectivity index (χ4v) is 2.26. The Morgan fingerprint density at radius 1 is 1.38 bits per heavy atom.